The van der Waals surface area contributed by atoms with Crippen molar-refractivity contribution in [2.24, 2.45) is 0 Å². The van der Waals surface area contributed by atoms with Crippen LogP contribution in [0.25, 0.3) is 0 Å². The average Bonchev–Trinajstić information content (AvgIpc) is 2.61. The van der Waals surface area contributed by atoms with Crippen LogP contribution in [0.4, 0.5) is 0 Å². The Bertz CT molecular complexity index is 340. The fourth-order valence-corrected chi connectivity index (χ4v) is 3.12. The molecule has 0 aliphatic carbocycles. The highest BCUT2D eigenvalue weighted by molar-refractivity contribution is 9.10. The van der Waals surface area contributed by atoms with Crippen molar-refractivity contribution in [2.45, 2.75) is 45.7 Å². The third kappa shape index (κ3) is 2.66. The molecule has 16 heavy (non-hydrogen) atoms. The normalized spacial score (nSPS) is 18.2. The van der Waals surface area contributed by atoms with Crippen molar-refractivity contribution in [1.29, 1.82) is 0 Å². The van der Waals surface area contributed by atoms with Crippen molar-refractivity contribution in [3.8, 4) is 0 Å². The van der Waals surface area contributed by atoms with Gasteiger partial charge in [0.1, 0.15) is 0 Å². The number of likely N-dealkylation sites (tertiary alicyclic amines) is 1. The smallest absolute Gasteiger partial charge is 0.177 e. The first-order valence-electron chi connectivity index (χ1n) is 6.12. The second-order valence-electron chi connectivity index (χ2n) is 4.82. The summed E-state index contributed by atoms with van der Waals surface area (Å²) in [5.74, 6) is 0. The molecule has 0 saturated carbocycles. The lowest BCUT2D eigenvalue weighted by atomic mass is 10.1. The van der Waals surface area contributed by atoms with Crippen LogP contribution in [0.2, 0.25) is 0 Å². The minimum absolute atomic E-state index is 0.469. The molecule has 0 aromatic carbocycles. The first-order valence-corrected chi connectivity index (χ1v) is 6.91. The lowest BCUT2D eigenvalue weighted by Gasteiger charge is -2.27. The van der Waals surface area contributed by atoms with E-state index >= 15 is 0 Å². The van der Waals surface area contributed by atoms with Crippen LogP contribution in [0.3, 0.4) is 0 Å². The van der Waals surface area contributed by atoms with Crippen molar-refractivity contribution < 1.29 is 0 Å². The van der Waals surface area contributed by atoms with E-state index in [4.69, 9.17) is 0 Å². The molecule has 1 fully saturated rings. The van der Waals surface area contributed by atoms with E-state index in [-0.39, 0.29) is 0 Å². The molecule has 1 aromatic heterocycles. The Hall–Kier alpha value is -0.350. The van der Waals surface area contributed by atoms with Crippen molar-refractivity contribution in [3.63, 3.8) is 0 Å². The molecular formula is C12H20BrN3. The standard InChI is InChI=1S/C12H20BrN3/c1-10(2)16-11(8-14-12(16)13)9-15-6-4-3-5-7-15/h8,10H,3-7,9H2,1-2H3. The van der Waals surface area contributed by atoms with Crippen LogP contribution < -0.4 is 0 Å². The molecular weight excluding hydrogens is 266 g/mol. The molecule has 3 nitrogen and oxygen atoms in total. The van der Waals surface area contributed by atoms with Gasteiger partial charge in [-0.25, -0.2) is 4.98 Å². The van der Waals surface area contributed by atoms with Crippen LogP contribution in [0.1, 0.15) is 44.8 Å². The van der Waals surface area contributed by atoms with Gasteiger partial charge in [-0.15, -0.1) is 0 Å². The predicted octanol–water partition coefficient (Wildman–Crippen LogP) is 3.21. The largest absolute Gasteiger partial charge is 0.319 e. The molecule has 0 amide bonds. The van der Waals surface area contributed by atoms with E-state index < -0.39 is 0 Å². The molecule has 2 heterocycles. The van der Waals surface area contributed by atoms with Crippen molar-refractivity contribution in [2.75, 3.05) is 13.1 Å². The fourth-order valence-electron chi connectivity index (χ4n) is 2.38. The van der Waals surface area contributed by atoms with E-state index in [1.54, 1.807) is 0 Å². The van der Waals surface area contributed by atoms with Crippen LogP contribution in [0.15, 0.2) is 10.9 Å². The van der Waals surface area contributed by atoms with Crippen molar-refractivity contribution >= 4 is 15.9 Å². The first-order chi connectivity index (χ1) is 7.68. The summed E-state index contributed by atoms with van der Waals surface area (Å²) in [5.41, 5.74) is 1.32. The molecule has 0 atom stereocenters. The second kappa shape index (κ2) is 5.32. The molecule has 1 saturated heterocycles. The zero-order valence-electron chi connectivity index (χ0n) is 10.1. The summed E-state index contributed by atoms with van der Waals surface area (Å²) < 4.78 is 3.23. The molecule has 1 aliphatic rings. The summed E-state index contributed by atoms with van der Waals surface area (Å²) in [6.45, 7) is 7.91. The highest BCUT2D eigenvalue weighted by Crippen LogP contribution is 2.20. The zero-order valence-corrected chi connectivity index (χ0v) is 11.7. The monoisotopic (exact) mass is 285 g/mol. The van der Waals surface area contributed by atoms with E-state index in [0.717, 1.165) is 11.3 Å². The molecule has 0 unspecified atom stereocenters. The molecule has 2 rings (SSSR count). The van der Waals surface area contributed by atoms with Gasteiger partial charge >= 0.3 is 0 Å². The highest BCUT2D eigenvalue weighted by atomic mass is 79.9. The van der Waals surface area contributed by atoms with Gasteiger partial charge in [0.05, 0.1) is 11.9 Å². The van der Waals surface area contributed by atoms with Crippen LogP contribution in [0.5, 0.6) is 0 Å². The Kier molecular flexibility index (Phi) is 4.03. The number of imidazole rings is 1. The summed E-state index contributed by atoms with van der Waals surface area (Å²) in [6.07, 6.45) is 6.08. The first kappa shape index (κ1) is 12.1. The van der Waals surface area contributed by atoms with Crippen LogP contribution in [-0.2, 0) is 6.54 Å². The maximum absolute atomic E-state index is 4.36. The van der Waals surface area contributed by atoms with E-state index in [1.807, 2.05) is 6.20 Å². The van der Waals surface area contributed by atoms with E-state index in [0.29, 0.717) is 6.04 Å². The minimum Gasteiger partial charge on any atom is -0.319 e. The summed E-state index contributed by atoms with van der Waals surface area (Å²) >= 11 is 3.52. The summed E-state index contributed by atoms with van der Waals surface area (Å²) in [5, 5.41) is 0. The highest BCUT2D eigenvalue weighted by Gasteiger charge is 2.15. The molecule has 0 N–H and O–H groups in total. The Labute approximate surface area is 106 Å². The van der Waals surface area contributed by atoms with Crippen LogP contribution in [0, 0.1) is 0 Å². The maximum atomic E-state index is 4.36. The predicted molar refractivity (Wildman–Crippen MR) is 69.4 cm³/mol. The van der Waals surface area contributed by atoms with Gasteiger partial charge in [-0.05, 0) is 55.7 Å². The molecule has 4 heteroatoms. The van der Waals surface area contributed by atoms with Crippen LogP contribution >= 0.6 is 15.9 Å². The van der Waals surface area contributed by atoms with Gasteiger partial charge in [-0.2, -0.15) is 0 Å². The summed E-state index contributed by atoms with van der Waals surface area (Å²) in [6, 6.07) is 0.469. The van der Waals surface area contributed by atoms with E-state index in [2.05, 4.69) is 44.2 Å². The molecule has 1 aromatic rings. The Morgan fingerprint density at radius 3 is 2.62 bits per heavy atom. The Balaban J connectivity index is 2.08. The lowest BCUT2D eigenvalue weighted by Crippen LogP contribution is -2.30. The molecule has 0 bridgehead atoms. The zero-order chi connectivity index (χ0) is 11.5. The van der Waals surface area contributed by atoms with Gasteiger partial charge < -0.3 is 4.57 Å². The molecule has 0 spiro atoms. The van der Waals surface area contributed by atoms with Gasteiger partial charge in [-0.1, -0.05) is 6.42 Å². The van der Waals surface area contributed by atoms with Gasteiger partial charge in [0.25, 0.3) is 0 Å². The number of piperidine rings is 1. The Morgan fingerprint density at radius 1 is 1.31 bits per heavy atom. The second-order valence-corrected chi connectivity index (χ2v) is 5.53. The average molecular weight is 286 g/mol. The SMILES string of the molecule is CC(C)n1c(CN2CCCCC2)cnc1Br. The van der Waals surface area contributed by atoms with Gasteiger partial charge in [-0.3, -0.25) is 4.90 Å². The lowest BCUT2D eigenvalue weighted by molar-refractivity contribution is 0.214. The fraction of sp³-hybridized carbons (Fsp3) is 0.750. The van der Waals surface area contributed by atoms with Crippen molar-refractivity contribution in [1.82, 2.24) is 14.5 Å². The number of rotatable bonds is 3. The van der Waals surface area contributed by atoms with E-state index in [9.17, 15) is 0 Å². The quantitative estimate of drug-likeness (QED) is 0.850. The number of halogens is 1. The summed E-state index contributed by atoms with van der Waals surface area (Å²) in [7, 11) is 0. The van der Waals surface area contributed by atoms with E-state index in [1.165, 1.54) is 38.0 Å². The minimum atomic E-state index is 0.469. The number of aromatic nitrogens is 2. The van der Waals surface area contributed by atoms with Gasteiger partial charge in [0.2, 0.25) is 0 Å². The number of nitrogens with zero attached hydrogens (tertiary/aromatic N) is 3. The molecule has 1 aliphatic heterocycles. The molecule has 0 radical (unpaired) electrons. The maximum Gasteiger partial charge on any atom is 0.177 e. The van der Waals surface area contributed by atoms with Crippen molar-refractivity contribution in [3.05, 3.63) is 16.6 Å². The van der Waals surface area contributed by atoms with Gasteiger partial charge in [0, 0.05) is 12.6 Å². The number of hydrogen-bond donors (Lipinski definition) is 0. The Morgan fingerprint density at radius 2 is 2.00 bits per heavy atom. The number of hydrogen-bond acceptors (Lipinski definition) is 2. The van der Waals surface area contributed by atoms with Gasteiger partial charge in [0.15, 0.2) is 4.73 Å². The van der Waals surface area contributed by atoms with Crippen LogP contribution in [-0.4, -0.2) is 27.5 Å². The third-order valence-electron chi connectivity index (χ3n) is 3.18. The molecule has 90 valence electrons. The summed E-state index contributed by atoms with van der Waals surface area (Å²) in [4.78, 5) is 6.89. The third-order valence-corrected chi connectivity index (χ3v) is 3.77. The topological polar surface area (TPSA) is 21.1 Å².